The van der Waals surface area contributed by atoms with Crippen LogP contribution in [-0.2, 0) is 25.4 Å². The number of aromatic hydroxyl groups is 2. The van der Waals surface area contributed by atoms with Gasteiger partial charge in [-0.25, -0.2) is 15.0 Å². The smallest absolute Gasteiger partial charge is 0.416 e. The summed E-state index contributed by atoms with van der Waals surface area (Å²) in [5, 5.41) is 29.1. The second kappa shape index (κ2) is 22.7. The number of nitrogens with zero attached hydrogens (tertiary/aromatic N) is 3. The van der Waals surface area contributed by atoms with E-state index < -0.39 is 59.4 Å². The number of amides is 4. The van der Waals surface area contributed by atoms with Gasteiger partial charge < -0.3 is 31.5 Å². The van der Waals surface area contributed by atoms with Crippen LogP contribution < -0.4 is 21.3 Å². The number of hydrogen-bond donors (Lipinski definition) is 6. The number of nitrogens with one attached hydrogen (secondary N) is 4. The average molecular weight is 1040 g/mol. The molecule has 3 heterocycles. The number of phenols is 1. The molecule has 0 radical (unpaired) electrons. The first-order chi connectivity index (χ1) is 30.9. The van der Waals surface area contributed by atoms with E-state index >= 15 is 0 Å². The highest BCUT2D eigenvalue weighted by Crippen LogP contribution is 2.36. The highest BCUT2D eigenvalue weighted by atomic mass is 35.5. The van der Waals surface area contributed by atoms with Crippen molar-refractivity contribution < 1.29 is 55.7 Å². The molecule has 0 aliphatic rings. The minimum atomic E-state index is -4.57. The first-order valence-corrected chi connectivity index (χ1v) is 21.8. The number of benzene rings is 3. The van der Waals surface area contributed by atoms with Gasteiger partial charge >= 0.3 is 12.4 Å². The normalized spacial score (nSPS) is 11.1. The molecule has 6 rings (SSSR count). The predicted molar refractivity (Wildman–Crippen MR) is 240 cm³/mol. The van der Waals surface area contributed by atoms with Crippen molar-refractivity contribution in [2.24, 2.45) is 0 Å². The maximum absolute atomic E-state index is 13.1. The van der Waals surface area contributed by atoms with Crippen LogP contribution in [0.4, 0.5) is 36.3 Å². The molecule has 13 nitrogen and oxygen atoms in total. The van der Waals surface area contributed by atoms with Gasteiger partial charge in [0.05, 0.1) is 36.2 Å². The first-order valence-electron chi connectivity index (χ1n) is 18.6. The number of phenolic OH excluding ortho intramolecular Hbond substituents is 1. The number of carbonyl (C=O) groups excluding carboxylic acids is 4. The zero-order valence-corrected chi connectivity index (χ0v) is 38.9. The molecule has 350 valence electrons. The second-order valence-electron chi connectivity index (χ2n) is 12.8. The molecule has 0 fully saturated rings. The van der Waals surface area contributed by atoms with Crippen LogP contribution in [0.3, 0.4) is 0 Å². The average Bonchev–Trinajstić information content (AvgIpc) is 3.83. The standard InChI is InChI=1S/C20H14Cl2F3N3O3S.C19H13Cl2F3N4O3S.C2H6/c1-9-27-15(18(31)26-8-10-4-2-3-5-12(10)20(23,24)25)19(32-9)28-17(30)11-6-13(21)16(29)14(22)7-11;1-8-26-13(17(31)25-7-9-4-2-3-5-10(9)19(22,23)24)18(32-8)28-16(30)12-6-11(20)14(29)15(21)27-12;1-2/h2-7,29H,8H2,1H3,(H,26,31)(H,28,30);2-6,29H,7H2,1H3,(H,25,31)(H,28,30);1-2H3. The number of hydrogen-bond acceptors (Lipinski definition) is 11. The number of pyridine rings is 1. The molecule has 0 aliphatic heterocycles. The summed E-state index contributed by atoms with van der Waals surface area (Å²) >= 11 is 25.1. The number of carbonyl (C=O) groups is 4. The fourth-order valence-corrected chi connectivity index (χ4v) is 7.93. The van der Waals surface area contributed by atoms with Crippen molar-refractivity contribution >= 4 is 103 Å². The van der Waals surface area contributed by atoms with Gasteiger partial charge in [-0.1, -0.05) is 96.6 Å². The van der Waals surface area contributed by atoms with Gasteiger partial charge in [-0.05, 0) is 55.3 Å². The minimum Gasteiger partial charge on any atom is -0.505 e. The quantitative estimate of drug-likeness (QED) is 0.0571. The van der Waals surface area contributed by atoms with Crippen molar-refractivity contribution in [3.05, 3.63) is 142 Å². The van der Waals surface area contributed by atoms with Crippen LogP contribution in [-0.4, -0.2) is 48.8 Å². The number of anilines is 2. The van der Waals surface area contributed by atoms with Crippen LogP contribution in [0.25, 0.3) is 0 Å². The third-order valence-electron chi connectivity index (χ3n) is 8.29. The van der Waals surface area contributed by atoms with Crippen molar-refractivity contribution in [2.75, 3.05) is 10.6 Å². The summed E-state index contributed by atoms with van der Waals surface area (Å²) in [5.74, 6) is -3.86. The fraction of sp³-hybridized carbons (Fsp3) is 0.195. The van der Waals surface area contributed by atoms with E-state index in [0.29, 0.717) is 10.0 Å². The van der Waals surface area contributed by atoms with Gasteiger partial charge in [0, 0.05) is 18.7 Å². The van der Waals surface area contributed by atoms with Gasteiger partial charge in [0.15, 0.2) is 28.0 Å². The van der Waals surface area contributed by atoms with Crippen LogP contribution in [0.2, 0.25) is 20.2 Å². The zero-order valence-electron chi connectivity index (χ0n) is 34.2. The molecule has 0 bridgehead atoms. The fourth-order valence-electron chi connectivity index (χ4n) is 5.39. The predicted octanol–water partition coefficient (Wildman–Crippen LogP) is 11.8. The van der Waals surface area contributed by atoms with E-state index in [4.69, 9.17) is 46.4 Å². The molecular formula is C41H33Cl4F6N7O6S2. The van der Waals surface area contributed by atoms with Crippen molar-refractivity contribution in [2.45, 2.75) is 53.1 Å². The van der Waals surface area contributed by atoms with Crippen molar-refractivity contribution in [1.82, 2.24) is 25.6 Å². The van der Waals surface area contributed by atoms with E-state index in [-0.39, 0.29) is 76.3 Å². The molecule has 3 aromatic carbocycles. The lowest BCUT2D eigenvalue weighted by atomic mass is 10.1. The topological polar surface area (TPSA) is 196 Å². The third-order valence-corrected chi connectivity index (χ3v) is 11.2. The summed E-state index contributed by atoms with van der Waals surface area (Å²) < 4.78 is 78.8. The molecule has 0 unspecified atom stereocenters. The molecule has 6 aromatic rings. The van der Waals surface area contributed by atoms with E-state index in [2.05, 4.69) is 36.2 Å². The lowest BCUT2D eigenvalue weighted by Gasteiger charge is -2.13. The minimum absolute atomic E-state index is 0.0225. The molecule has 6 N–H and O–H groups in total. The number of aromatic nitrogens is 3. The number of aryl methyl sites for hydroxylation is 2. The molecule has 0 saturated heterocycles. The molecule has 3 aromatic heterocycles. The van der Waals surface area contributed by atoms with Crippen LogP contribution in [0.5, 0.6) is 11.5 Å². The summed E-state index contributed by atoms with van der Waals surface area (Å²) in [6.07, 6.45) is -9.14. The summed E-state index contributed by atoms with van der Waals surface area (Å²) in [5.41, 5.74) is -2.49. The molecule has 25 heteroatoms. The van der Waals surface area contributed by atoms with Gasteiger partial charge in [-0.2, -0.15) is 26.3 Å². The Hall–Kier alpha value is -5.71. The summed E-state index contributed by atoms with van der Waals surface area (Å²) in [6.45, 7) is 6.40. The highest BCUT2D eigenvalue weighted by Gasteiger charge is 2.34. The van der Waals surface area contributed by atoms with Crippen molar-refractivity contribution in [3.63, 3.8) is 0 Å². The largest absolute Gasteiger partial charge is 0.505 e. The monoisotopic (exact) mass is 1040 g/mol. The van der Waals surface area contributed by atoms with Gasteiger partial charge in [-0.15, -0.1) is 22.7 Å². The van der Waals surface area contributed by atoms with E-state index in [1.54, 1.807) is 13.8 Å². The van der Waals surface area contributed by atoms with Crippen LogP contribution in [0.15, 0.2) is 66.7 Å². The summed E-state index contributed by atoms with van der Waals surface area (Å²) in [6, 6.07) is 13.2. The molecule has 0 spiro atoms. The summed E-state index contributed by atoms with van der Waals surface area (Å²) in [4.78, 5) is 62.1. The van der Waals surface area contributed by atoms with Crippen LogP contribution in [0, 0.1) is 13.8 Å². The Morgan fingerprint density at radius 2 is 0.985 bits per heavy atom. The van der Waals surface area contributed by atoms with E-state index in [1.165, 1.54) is 48.5 Å². The Labute approximate surface area is 399 Å². The Balaban J connectivity index is 0.000000278. The van der Waals surface area contributed by atoms with Gasteiger partial charge in [-0.3, -0.25) is 19.2 Å². The molecule has 4 amide bonds. The lowest BCUT2D eigenvalue weighted by molar-refractivity contribution is -0.139. The van der Waals surface area contributed by atoms with Gasteiger partial charge in [0.1, 0.15) is 15.7 Å². The van der Waals surface area contributed by atoms with E-state index in [0.717, 1.165) is 40.9 Å². The summed E-state index contributed by atoms with van der Waals surface area (Å²) in [7, 11) is 0. The Bertz CT molecular complexity index is 2540. The highest BCUT2D eigenvalue weighted by molar-refractivity contribution is 7.16. The number of rotatable bonds is 10. The van der Waals surface area contributed by atoms with Crippen LogP contribution in [0.1, 0.15) is 87.9 Å². The van der Waals surface area contributed by atoms with Gasteiger partial charge in [0.25, 0.3) is 23.6 Å². The SMILES string of the molecule is CC.Cc1nc(C(=O)NCc2ccccc2C(F)(F)F)c(NC(=O)c2cc(Cl)c(O)c(Cl)c2)s1.Cc1nc(C(=O)NCc2ccccc2C(F)(F)F)c(NC(=O)c2cc(Cl)c(O)c(Cl)n2)s1. The van der Waals surface area contributed by atoms with Crippen molar-refractivity contribution in [1.29, 1.82) is 0 Å². The maximum Gasteiger partial charge on any atom is 0.416 e. The Morgan fingerprint density at radius 1 is 0.591 bits per heavy atom. The molecular weight excluding hydrogens is 1010 g/mol. The molecule has 0 aliphatic carbocycles. The van der Waals surface area contributed by atoms with Crippen LogP contribution >= 0.6 is 69.1 Å². The van der Waals surface area contributed by atoms with E-state index in [9.17, 15) is 55.7 Å². The van der Waals surface area contributed by atoms with Gasteiger partial charge in [0.2, 0.25) is 0 Å². The lowest BCUT2D eigenvalue weighted by Crippen LogP contribution is -2.26. The Kier molecular flexibility index (Phi) is 18.2. The first kappa shape index (κ1) is 52.9. The maximum atomic E-state index is 13.1. The van der Waals surface area contributed by atoms with E-state index in [1.807, 2.05) is 13.8 Å². The molecule has 66 heavy (non-hydrogen) atoms. The third kappa shape index (κ3) is 13.7. The molecule has 0 saturated carbocycles. The number of thiazole rings is 2. The molecule has 0 atom stereocenters. The number of halogens is 10. The number of alkyl halides is 6. The zero-order chi connectivity index (χ0) is 49.3. The second-order valence-corrected chi connectivity index (χ2v) is 16.8. The van der Waals surface area contributed by atoms with Crippen molar-refractivity contribution in [3.8, 4) is 11.5 Å². The Morgan fingerprint density at radius 3 is 1.39 bits per heavy atom.